The number of anilines is 2. The van der Waals surface area contributed by atoms with Crippen molar-refractivity contribution in [2.75, 3.05) is 16.9 Å². The Morgan fingerprint density at radius 3 is 2.76 bits per heavy atom. The van der Waals surface area contributed by atoms with Crippen LogP contribution >= 0.6 is 0 Å². The monoisotopic (exact) mass is 338 g/mol. The van der Waals surface area contributed by atoms with Gasteiger partial charge >= 0.3 is 0 Å². The van der Waals surface area contributed by atoms with Crippen molar-refractivity contribution in [3.63, 3.8) is 0 Å². The van der Waals surface area contributed by atoms with Crippen LogP contribution in [0.2, 0.25) is 0 Å². The van der Waals surface area contributed by atoms with Gasteiger partial charge in [-0.15, -0.1) is 0 Å². The van der Waals surface area contributed by atoms with Crippen LogP contribution in [0.1, 0.15) is 25.3 Å². The van der Waals surface area contributed by atoms with Gasteiger partial charge in [0, 0.05) is 24.7 Å². The molecule has 0 atom stereocenters. The molecule has 1 heterocycles. The largest absolute Gasteiger partial charge is 0.312 e. The van der Waals surface area contributed by atoms with Crippen LogP contribution in [-0.4, -0.2) is 23.1 Å². The Morgan fingerprint density at radius 1 is 1.24 bits per heavy atom. The highest BCUT2D eigenvalue weighted by Gasteiger charge is 2.21. The third kappa shape index (κ3) is 3.65. The van der Waals surface area contributed by atoms with E-state index in [1.165, 1.54) is 6.07 Å². The van der Waals surface area contributed by atoms with E-state index < -0.39 is 4.92 Å². The molecule has 7 heteroatoms. The zero-order chi connectivity index (χ0) is 17.8. The summed E-state index contributed by atoms with van der Waals surface area (Å²) in [7, 11) is 0. The van der Waals surface area contributed by atoms with Crippen LogP contribution in [0, 0.1) is 10.1 Å². The number of para-hydroxylation sites is 2. The molecule has 7 nitrogen and oxygen atoms in total. The summed E-state index contributed by atoms with van der Waals surface area (Å²) in [6.45, 7) is 2.54. The van der Waals surface area contributed by atoms with Crippen LogP contribution in [0.3, 0.4) is 0 Å². The van der Waals surface area contributed by atoms with Gasteiger partial charge in [-0.2, -0.15) is 5.10 Å². The van der Waals surface area contributed by atoms with Crippen molar-refractivity contribution in [2.45, 2.75) is 19.8 Å². The summed E-state index contributed by atoms with van der Waals surface area (Å²) < 4.78 is 0. The molecule has 0 saturated carbocycles. The Hall–Kier alpha value is -3.22. The van der Waals surface area contributed by atoms with Crippen molar-refractivity contribution in [1.29, 1.82) is 0 Å². The lowest BCUT2D eigenvalue weighted by Gasteiger charge is -2.16. The second-order valence-electron chi connectivity index (χ2n) is 5.78. The van der Waals surface area contributed by atoms with Gasteiger partial charge in [-0.05, 0) is 37.1 Å². The van der Waals surface area contributed by atoms with Crippen molar-refractivity contribution in [3.05, 3.63) is 64.2 Å². The van der Waals surface area contributed by atoms with Crippen molar-refractivity contribution in [1.82, 2.24) is 0 Å². The van der Waals surface area contributed by atoms with Gasteiger partial charge in [0.05, 0.1) is 10.6 Å². The van der Waals surface area contributed by atoms with Gasteiger partial charge in [0.25, 0.3) is 5.69 Å². The van der Waals surface area contributed by atoms with Crippen molar-refractivity contribution >= 4 is 28.7 Å². The number of rotatable bonds is 5. The van der Waals surface area contributed by atoms with E-state index in [9.17, 15) is 14.9 Å². The van der Waals surface area contributed by atoms with Crippen LogP contribution in [0.25, 0.3) is 0 Å². The van der Waals surface area contributed by atoms with E-state index in [4.69, 9.17) is 0 Å². The third-order valence-corrected chi connectivity index (χ3v) is 4.09. The number of nitrogens with one attached hydrogen (secondary N) is 1. The fourth-order valence-corrected chi connectivity index (χ4v) is 2.76. The molecule has 128 valence electrons. The second-order valence-corrected chi connectivity index (χ2v) is 5.78. The van der Waals surface area contributed by atoms with Crippen molar-refractivity contribution in [3.8, 4) is 0 Å². The quantitative estimate of drug-likeness (QED) is 0.513. The van der Waals surface area contributed by atoms with E-state index in [1.54, 1.807) is 23.1 Å². The molecule has 1 N–H and O–H groups in total. The highest BCUT2D eigenvalue weighted by molar-refractivity contribution is 6.01. The maximum absolute atomic E-state index is 11.9. The minimum atomic E-state index is -0.452. The Kier molecular flexibility index (Phi) is 4.74. The van der Waals surface area contributed by atoms with E-state index in [0.717, 1.165) is 24.2 Å². The first kappa shape index (κ1) is 16.6. The molecule has 1 aliphatic heterocycles. The zero-order valence-electron chi connectivity index (χ0n) is 13.8. The van der Waals surface area contributed by atoms with Crippen LogP contribution in [0.5, 0.6) is 0 Å². The summed E-state index contributed by atoms with van der Waals surface area (Å²) in [5, 5.41) is 15.3. The molecule has 1 fully saturated rings. The number of carbonyl (C=O) groups excluding carboxylic acids is 1. The minimum Gasteiger partial charge on any atom is -0.312 e. The first-order valence-corrected chi connectivity index (χ1v) is 8.01. The van der Waals surface area contributed by atoms with E-state index in [1.807, 2.05) is 31.2 Å². The number of hydrazone groups is 1. The predicted octanol–water partition coefficient (Wildman–Crippen LogP) is 3.56. The number of nitro benzene ring substituents is 1. The molecular weight excluding hydrogens is 320 g/mol. The Labute approximate surface area is 145 Å². The SMILES string of the molecule is C/C(=N/Nc1ccccc1[N+](=O)[O-])c1cccc(N2CCCC2=O)c1. The fraction of sp³-hybridized carbons (Fsp3) is 0.222. The van der Waals surface area contributed by atoms with Gasteiger partial charge in [-0.1, -0.05) is 24.3 Å². The summed E-state index contributed by atoms with van der Waals surface area (Å²) in [4.78, 5) is 24.2. The van der Waals surface area contributed by atoms with Gasteiger partial charge in [-0.3, -0.25) is 20.3 Å². The van der Waals surface area contributed by atoms with Crippen molar-refractivity contribution in [2.24, 2.45) is 5.10 Å². The van der Waals surface area contributed by atoms with Crippen molar-refractivity contribution < 1.29 is 9.72 Å². The normalized spacial score (nSPS) is 14.7. The molecule has 0 aromatic heterocycles. The number of hydrogen-bond donors (Lipinski definition) is 1. The molecule has 2 aromatic rings. The molecule has 3 rings (SSSR count). The number of hydrogen-bond acceptors (Lipinski definition) is 5. The van der Waals surface area contributed by atoms with Crippen LogP contribution in [0.4, 0.5) is 17.1 Å². The number of benzene rings is 2. The number of amides is 1. The molecule has 0 unspecified atom stereocenters. The second kappa shape index (κ2) is 7.12. The van der Waals surface area contributed by atoms with E-state index in [-0.39, 0.29) is 11.6 Å². The maximum Gasteiger partial charge on any atom is 0.294 e. The number of carbonyl (C=O) groups is 1. The molecule has 1 saturated heterocycles. The molecule has 1 aliphatic rings. The maximum atomic E-state index is 11.9. The van der Waals surface area contributed by atoms with Crippen LogP contribution in [-0.2, 0) is 4.79 Å². The van der Waals surface area contributed by atoms with Gasteiger partial charge in [0.15, 0.2) is 0 Å². The van der Waals surface area contributed by atoms with Crippen LogP contribution < -0.4 is 10.3 Å². The third-order valence-electron chi connectivity index (χ3n) is 4.09. The van der Waals surface area contributed by atoms with E-state index in [0.29, 0.717) is 17.8 Å². The lowest BCUT2D eigenvalue weighted by molar-refractivity contribution is -0.384. The molecule has 0 radical (unpaired) electrons. The summed E-state index contributed by atoms with van der Waals surface area (Å²) in [6, 6.07) is 13.9. The molecule has 2 aromatic carbocycles. The van der Waals surface area contributed by atoms with E-state index >= 15 is 0 Å². The molecule has 0 bridgehead atoms. The zero-order valence-corrected chi connectivity index (χ0v) is 13.8. The topological polar surface area (TPSA) is 87.8 Å². The number of nitro groups is 1. The smallest absolute Gasteiger partial charge is 0.294 e. The van der Waals surface area contributed by atoms with Gasteiger partial charge in [-0.25, -0.2) is 0 Å². The highest BCUT2D eigenvalue weighted by atomic mass is 16.6. The van der Waals surface area contributed by atoms with Gasteiger partial charge in [0.1, 0.15) is 5.69 Å². The Bertz CT molecular complexity index is 848. The minimum absolute atomic E-state index is 0.0320. The van der Waals surface area contributed by atoms with Gasteiger partial charge < -0.3 is 4.90 Å². The average molecular weight is 338 g/mol. The van der Waals surface area contributed by atoms with E-state index in [2.05, 4.69) is 10.5 Å². The molecular formula is C18H18N4O3. The van der Waals surface area contributed by atoms with Crippen LogP contribution in [0.15, 0.2) is 53.6 Å². The highest BCUT2D eigenvalue weighted by Crippen LogP contribution is 2.24. The standard InChI is InChI=1S/C18H18N4O3/c1-13(19-20-16-8-2-3-9-17(16)22(24)25)14-6-4-7-15(12-14)21-11-5-10-18(21)23/h2-4,6-9,12,20H,5,10-11H2,1H3/b19-13-. The molecule has 0 spiro atoms. The molecule has 25 heavy (non-hydrogen) atoms. The molecule has 1 amide bonds. The first-order valence-electron chi connectivity index (χ1n) is 8.01. The summed E-state index contributed by atoms with van der Waals surface area (Å²) >= 11 is 0. The first-order chi connectivity index (χ1) is 12.1. The average Bonchev–Trinajstić information content (AvgIpc) is 3.06. The number of nitrogens with zero attached hydrogens (tertiary/aromatic N) is 3. The summed E-state index contributed by atoms with van der Waals surface area (Å²) in [6.07, 6.45) is 1.45. The summed E-state index contributed by atoms with van der Waals surface area (Å²) in [5.74, 6) is 0.129. The fourth-order valence-electron chi connectivity index (χ4n) is 2.76. The summed E-state index contributed by atoms with van der Waals surface area (Å²) in [5.41, 5.74) is 5.43. The Balaban J connectivity index is 1.81. The lowest BCUT2D eigenvalue weighted by Crippen LogP contribution is -2.23. The molecule has 0 aliphatic carbocycles. The van der Waals surface area contributed by atoms with Gasteiger partial charge in [0.2, 0.25) is 5.91 Å². The predicted molar refractivity (Wildman–Crippen MR) is 97.0 cm³/mol. The lowest BCUT2D eigenvalue weighted by atomic mass is 10.1. The Morgan fingerprint density at radius 2 is 2.04 bits per heavy atom.